The van der Waals surface area contributed by atoms with E-state index in [2.05, 4.69) is 15.6 Å². The summed E-state index contributed by atoms with van der Waals surface area (Å²) in [7, 11) is 0. The molecule has 0 unspecified atom stereocenters. The number of amides is 4. The highest BCUT2D eigenvalue weighted by atomic mass is 16.3. The summed E-state index contributed by atoms with van der Waals surface area (Å²) in [6.07, 6.45) is 5.21. The summed E-state index contributed by atoms with van der Waals surface area (Å²) >= 11 is 0. The van der Waals surface area contributed by atoms with Crippen LogP contribution in [0.15, 0.2) is 47.3 Å². The normalized spacial score (nSPS) is 17.4. The van der Waals surface area contributed by atoms with Gasteiger partial charge in [0.05, 0.1) is 12.8 Å². The Morgan fingerprint density at radius 2 is 2.04 bits per heavy atom. The SMILES string of the molecule is O=C1CC[C@H](C(=O)N(Cc2ccncc2)Cc2ccco2)NC(=O)N1. The largest absolute Gasteiger partial charge is 0.467 e. The summed E-state index contributed by atoms with van der Waals surface area (Å²) in [4.78, 5) is 41.6. The molecule has 1 aliphatic rings. The van der Waals surface area contributed by atoms with Crippen molar-refractivity contribution in [1.29, 1.82) is 0 Å². The van der Waals surface area contributed by atoms with E-state index in [9.17, 15) is 14.4 Å². The minimum atomic E-state index is -0.761. The van der Waals surface area contributed by atoms with E-state index in [1.807, 2.05) is 12.1 Å². The standard InChI is InChI=1S/C17H18N4O4/c22-15-4-3-14(19-17(24)20-15)16(23)21(11-13-2-1-9-25-13)10-12-5-7-18-8-6-12/h1-2,5-9,14H,3-4,10-11H2,(H2,19,20,22,24)/t14-/m1/s1. The molecule has 0 saturated carbocycles. The zero-order valence-corrected chi connectivity index (χ0v) is 13.5. The Labute approximate surface area is 144 Å². The fourth-order valence-electron chi connectivity index (χ4n) is 2.65. The molecular weight excluding hydrogens is 324 g/mol. The monoisotopic (exact) mass is 342 g/mol. The smallest absolute Gasteiger partial charge is 0.322 e. The summed E-state index contributed by atoms with van der Waals surface area (Å²) in [5, 5.41) is 4.72. The Morgan fingerprint density at radius 3 is 2.76 bits per heavy atom. The highest BCUT2D eigenvalue weighted by molar-refractivity contribution is 5.98. The maximum absolute atomic E-state index is 12.9. The molecule has 1 atom stereocenters. The van der Waals surface area contributed by atoms with Gasteiger partial charge in [0.1, 0.15) is 11.8 Å². The Balaban J connectivity index is 1.78. The third kappa shape index (κ3) is 4.43. The Kier molecular flexibility index (Phi) is 5.08. The second-order valence-corrected chi connectivity index (χ2v) is 5.74. The number of furan rings is 1. The second kappa shape index (κ2) is 7.61. The highest BCUT2D eigenvalue weighted by Crippen LogP contribution is 2.14. The molecule has 0 radical (unpaired) electrons. The number of nitrogens with one attached hydrogen (secondary N) is 2. The number of hydrogen-bond acceptors (Lipinski definition) is 5. The van der Waals surface area contributed by atoms with Crippen molar-refractivity contribution < 1.29 is 18.8 Å². The third-order valence-corrected chi connectivity index (χ3v) is 3.88. The van der Waals surface area contributed by atoms with Crippen molar-refractivity contribution >= 4 is 17.8 Å². The average Bonchev–Trinajstić information content (AvgIpc) is 3.05. The molecule has 0 spiro atoms. The fourth-order valence-corrected chi connectivity index (χ4v) is 2.65. The summed E-state index contributed by atoms with van der Waals surface area (Å²) in [5.74, 6) is -0.0193. The topological polar surface area (TPSA) is 105 Å². The number of imide groups is 1. The molecule has 25 heavy (non-hydrogen) atoms. The van der Waals surface area contributed by atoms with Crippen LogP contribution in [-0.4, -0.2) is 33.8 Å². The first-order valence-electron chi connectivity index (χ1n) is 7.92. The van der Waals surface area contributed by atoms with Crippen molar-refractivity contribution in [2.24, 2.45) is 0 Å². The van der Waals surface area contributed by atoms with Crippen LogP contribution in [0.3, 0.4) is 0 Å². The Bertz CT molecular complexity index is 745. The predicted octanol–water partition coefficient (Wildman–Crippen LogP) is 1.19. The van der Waals surface area contributed by atoms with E-state index in [0.29, 0.717) is 12.3 Å². The van der Waals surface area contributed by atoms with Crippen molar-refractivity contribution in [3.05, 3.63) is 54.2 Å². The van der Waals surface area contributed by atoms with Crippen LogP contribution in [0.2, 0.25) is 0 Å². The minimum absolute atomic E-state index is 0.110. The Hall–Kier alpha value is -3.16. The molecule has 1 aliphatic heterocycles. The molecule has 4 amide bonds. The summed E-state index contributed by atoms with van der Waals surface area (Å²) < 4.78 is 5.34. The van der Waals surface area contributed by atoms with E-state index in [-0.39, 0.29) is 31.2 Å². The van der Waals surface area contributed by atoms with Gasteiger partial charge < -0.3 is 14.6 Å². The molecular formula is C17H18N4O4. The van der Waals surface area contributed by atoms with Crippen LogP contribution >= 0.6 is 0 Å². The van der Waals surface area contributed by atoms with E-state index in [1.165, 1.54) is 0 Å². The van der Waals surface area contributed by atoms with Gasteiger partial charge in [-0.3, -0.25) is 19.9 Å². The van der Waals surface area contributed by atoms with Gasteiger partial charge in [-0.25, -0.2) is 4.79 Å². The van der Waals surface area contributed by atoms with E-state index in [0.717, 1.165) is 5.56 Å². The first-order valence-corrected chi connectivity index (χ1v) is 7.92. The number of carbonyl (C=O) groups is 3. The Morgan fingerprint density at radius 1 is 1.24 bits per heavy atom. The van der Waals surface area contributed by atoms with Gasteiger partial charge in [-0.2, -0.15) is 0 Å². The summed E-state index contributed by atoms with van der Waals surface area (Å²) in [5.41, 5.74) is 0.907. The minimum Gasteiger partial charge on any atom is -0.467 e. The second-order valence-electron chi connectivity index (χ2n) is 5.74. The van der Waals surface area contributed by atoms with Gasteiger partial charge in [-0.05, 0) is 36.2 Å². The maximum Gasteiger partial charge on any atom is 0.322 e. The van der Waals surface area contributed by atoms with Crippen molar-refractivity contribution in [3.8, 4) is 0 Å². The van der Waals surface area contributed by atoms with Crippen molar-refractivity contribution in [2.75, 3.05) is 0 Å². The van der Waals surface area contributed by atoms with Gasteiger partial charge in [0.15, 0.2) is 0 Å². The lowest BCUT2D eigenvalue weighted by Gasteiger charge is -2.26. The van der Waals surface area contributed by atoms with Crippen LogP contribution in [0.4, 0.5) is 4.79 Å². The fraction of sp³-hybridized carbons (Fsp3) is 0.294. The van der Waals surface area contributed by atoms with Crippen molar-refractivity contribution in [3.63, 3.8) is 0 Å². The first kappa shape index (κ1) is 16.7. The highest BCUT2D eigenvalue weighted by Gasteiger charge is 2.30. The number of urea groups is 1. The number of pyridine rings is 1. The number of aromatic nitrogens is 1. The average molecular weight is 342 g/mol. The number of rotatable bonds is 5. The van der Waals surface area contributed by atoms with E-state index in [4.69, 9.17) is 4.42 Å². The molecule has 1 fully saturated rings. The molecule has 2 N–H and O–H groups in total. The van der Waals surface area contributed by atoms with E-state index >= 15 is 0 Å². The van der Waals surface area contributed by atoms with E-state index in [1.54, 1.807) is 35.7 Å². The molecule has 1 saturated heterocycles. The van der Waals surface area contributed by atoms with Gasteiger partial charge in [0.2, 0.25) is 11.8 Å². The molecule has 8 heteroatoms. The van der Waals surface area contributed by atoms with Gasteiger partial charge in [-0.1, -0.05) is 0 Å². The molecule has 3 rings (SSSR count). The van der Waals surface area contributed by atoms with Crippen LogP contribution in [0.25, 0.3) is 0 Å². The van der Waals surface area contributed by atoms with Crippen LogP contribution in [0.5, 0.6) is 0 Å². The molecule has 3 heterocycles. The van der Waals surface area contributed by atoms with Gasteiger partial charge in [0.25, 0.3) is 0 Å². The first-order chi connectivity index (χ1) is 12.1. The lowest BCUT2D eigenvalue weighted by molar-refractivity contribution is -0.134. The molecule has 0 aromatic carbocycles. The van der Waals surface area contributed by atoms with Gasteiger partial charge in [0, 0.05) is 25.4 Å². The summed E-state index contributed by atoms with van der Waals surface area (Å²) in [6.45, 7) is 0.609. The third-order valence-electron chi connectivity index (χ3n) is 3.88. The molecule has 2 aromatic heterocycles. The number of nitrogens with zero attached hydrogens (tertiary/aromatic N) is 2. The predicted molar refractivity (Wildman–Crippen MR) is 86.9 cm³/mol. The lowest BCUT2D eigenvalue weighted by atomic mass is 10.1. The number of hydrogen-bond donors (Lipinski definition) is 2. The lowest BCUT2D eigenvalue weighted by Crippen LogP contribution is -2.49. The zero-order chi connectivity index (χ0) is 17.6. The quantitative estimate of drug-likeness (QED) is 0.849. The van der Waals surface area contributed by atoms with Crippen LogP contribution in [0, 0.1) is 0 Å². The van der Waals surface area contributed by atoms with Crippen LogP contribution in [-0.2, 0) is 22.7 Å². The van der Waals surface area contributed by atoms with Crippen molar-refractivity contribution in [2.45, 2.75) is 32.0 Å². The van der Waals surface area contributed by atoms with Gasteiger partial charge >= 0.3 is 6.03 Å². The van der Waals surface area contributed by atoms with Crippen LogP contribution in [0.1, 0.15) is 24.2 Å². The van der Waals surface area contributed by atoms with Gasteiger partial charge in [-0.15, -0.1) is 0 Å². The number of carbonyl (C=O) groups excluding carboxylic acids is 3. The maximum atomic E-state index is 12.9. The molecule has 130 valence electrons. The molecule has 2 aromatic rings. The zero-order valence-electron chi connectivity index (χ0n) is 13.5. The molecule has 0 aliphatic carbocycles. The van der Waals surface area contributed by atoms with Crippen molar-refractivity contribution in [1.82, 2.24) is 20.5 Å². The molecule has 0 bridgehead atoms. The van der Waals surface area contributed by atoms with Crippen LogP contribution < -0.4 is 10.6 Å². The summed E-state index contributed by atoms with van der Waals surface area (Å²) in [6, 6.07) is 5.76. The van der Waals surface area contributed by atoms with E-state index < -0.39 is 12.1 Å². The molecule has 8 nitrogen and oxygen atoms in total.